The zero-order valence-corrected chi connectivity index (χ0v) is 11.1. The quantitative estimate of drug-likeness (QED) is 0.356. The summed E-state index contributed by atoms with van der Waals surface area (Å²) >= 11 is 3.01. The summed E-state index contributed by atoms with van der Waals surface area (Å²) in [5, 5.41) is 10.8. The number of halogens is 1. The second kappa shape index (κ2) is 5.74. The van der Waals surface area contributed by atoms with Crippen LogP contribution in [0, 0.1) is 17.0 Å². The summed E-state index contributed by atoms with van der Waals surface area (Å²) in [7, 11) is 0. The molecule has 0 radical (unpaired) electrons. The second-order valence-corrected chi connectivity index (χ2v) is 4.32. The van der Waals surface area contributed by atoms with Gasteiger partial charge in [-0.2, -0.15) is 0 Å². The lowest BCUT2D eigenvalue weighted by Gasteiger charge is -2.07. The Morgan fingerprint density at radius 3 is 2.78 bits per heavy atom. The molecule has 0 fully saturated rings. The van der Waals surface area contributed by atoms with Crippen LogP contribution in [0.3, 0.4) is 0 Å². The summed E-state index contributed by atoms with van der Waals surface area (Å²) in [5.74, 6) is 4.44. The van der Waals surface area contributed by atoms with Crippen molar-refractivity contribution in [2.75, 3.05) is 0 Å². The highest BCUT2D eigenvalue weighted by atomic mass is 79.9. The number of pyridine rings is 1. The van der Waals surface area contributed by atoms with Crippen molar-refractivity contribution in [2.45, 2.75) is 19.9 Å². The third-order valence-electron chi connectivity index (χ3n) is 2.38. The zero-order valence-electron chi connectivity index (χ0n) is 9.47. The SMILES string of the molecule is Cc1c([N+](=O)[O-])cn(CCC(=O)NN)c(=O)c1Br. The number of amides is 1. The number of nitrogens with zero attached hydrogens (tertiary/aromatic N) is 2. The number of hydrogen-bond acceptors (Lipinski definition) is 5. The van der Waals surface area contributed by atoms with Crippen molar-refractivity contribution in [1.29, 1.82) is 0 Å². The highest BCUT2D eigenvalue weighted by molar-refractivity contribution is 9.10. The Hall–Kier alpha value is -1.74. The standard InChI is InChI=1S/C9H11BrN4O4/c1-5-6(14(17)18)4-13(9(16)8(5)10)3-2-7(15)12-11/h4H,2-3,11H2,1H3,(H,12,15). The number of aromatic nitrogens is 1. The van der Waals surface area contributed by atoms with Gasteiger partial charge in [0.25, 0.3) is 11.2 Å². The molecule has 0 spiro atoms. The van der Waals surface area contributed by atoms with Crippen LogP contribution >= 0.6 is 15.9 Å². The van der Waals surface area contributed by atoms with E-state index in [9.17, 15) is 19.7 Å². The fourth-order valence-electron chi connectivity index (χ4n) is 1.35. The Kier molecular flexibility index (Phi) is 4.56. The van der Waals surface area contributed by atoms with Gasteiger partial charge in [0.05, 0.1) is 15.6 Å². The number of aryl methyl sites for hydroxylation is 1. The zero-order chi connectivity index (χ0) is 13.9. The normalized spacial score (nSPS) is 10.2. The summed E-state index contributed by atoms with van der Waals surface area (Å²) in [6.45, 7) is 1.49. The van der Waals surface area contributed by atoms with Crippen LogP contribution in [-0.2, 0) is 11.3 Å². The van der Waals surface area contributed by atoms with Gasteiger partial charge in [-0.15, -0.1) is 0 Å². The lowest BCUT2D eigenvalue weighted by Crippen LogP contribution is -2.32. The Labute approximate surface area is 110 Å². The van der Waals surface area contributed by atoms with Gasteiger partial charge in [0.1, 0.15) is 0 Å². The largest absolute Gasteiger partial charge is 0.307 e. The molecule has 1 amide bonds. The van der Waals surface area contributed by atoms with Crippen molar-refractivity contribution in [3.8, 4) is 0 Å². The van der Waals surface area contributed by atoms with Gasteiger partial charge in [-0.3, -0.25) is 25.1 Å². The van der Waals surface area contributed by atoms with Crippen LogP contribution < -0.4 is 16.8 Å². The fourth-order valence-corrected chi connectivity index (χ4v) is 1.78. The molecule has 0 aliphatic carbocycles. The van der Waals surface area contributed by atoms with Gasteiger partial charge in [0.15, 0.2) is 0 Å². The van der Waals surface area contributed by atoms with Crippen LogP contribution in [0.15, 0.2) is 15.5 Å². The van der Waals surface area contributed by atoms with E-state index in [2.05, 4.69) is 15.9 Å². The lowest BCUT2D eigenvalue weighted by molar-refractivity contribution is -0.386. The fraction of sp³-hybridized carbons (Fsp3) is 0.333. The van der Waals surface area contributed by atoms with E-state index < -0.39 is 16.4 Å². The predicted molar refractivity (Wildman–Crippen MR) is 66.7 cm³/mol. The monoisotopic (exact) mass is 318 g/mol. The van der Waals surface area contributed by atoms with Gasteiger partial charge >= 0.3 is 0 Å². The van der Waals surface area contributed by atoms with Gasteiger partial charge in [-0.05, 0) is 22.9 Å². The van der Waals surface area contributed by atoms with Gasteiger partial charge < -0.3 is 4.57 Å². The molecule has 8 nitrogen and oxygen atoms in total. The molecular weight excluding hydrogens is 308 g/mol. The molecule has 98 valence electrons. The number of carbonyl (C=O) groups excluding carboxylic acids is 1. The number of rotatable bonds is 4. The van der Waals surface area contributed by atoms with E-state index in [1.54, 1.807) is 0 Å². The minimum absolute atomic E-state index is 0.0155. The summed E-state index contributed by atoms with van der Waals surface area (Å²) in [4.78, 5) is 33.0. The molecule has 3 N–H and O–H groups in total. The molecule has 0 saturated heterocycles. The molecule has 0 aliphatic rings. The Bertz CT molecular complexity index is 554. The minimum atomic E-state index is -0.584. The second-order valence-electron chi connectivity index (χ2n) is 3.53. The van der Waals surface area contributed by atoms with Crippen molar-refractivity contribution < 1.29 is 9.72 Å². The molecule has 0 atom stereocenters. The maximum atomic E-state index is 11.8. The first-order chi connectivity index (χ1) is 8.38. The van der Waals surface area contributed by atoms with Gasteiger partial charge in [-0.1, -0.05) is 0 Å². The van der Waals surface area contributed by atoms with E-state index in [1.807, 2.05) is 5.43 Å². The summed E-state index contributed by atoms with van der Waals surface area (Å²) in [6, 6.07) is 0. The number of nitrogens with two attached hydrogens (primary N) is 1. The van der Waals surface area contributed by atoms with Crippen LogP contribution in [0.4, 0.5) is 5.69 Å². The van der Waals surface area contributed by atoms with Crippen molar-refractivity contribution in [2.24, 2.45) is 5.84 Å². The van der Waals surface area contributed by atoms with Crippen LogP contribution in [0.25, 0.3) is 0 Å². The Balaban J connectivity index is 3.17. The maximum Gasteiger partial charge on any atom is 0.289 e. The number of carbonyl (C=O) groups is 1. The van der Waals surface area contributed by atoms with Crippen molar-refractivity contribution in [3.63, 3.8) is 0 Å². The first-order valence-electron chi connectivity index (χ1n) is 4.91. The van der Waals surface area contributed by atoms with Crippen molar-refractivity contribution in [1.82, 2.24) is 9.99 Å². The van der Waals surface area contributed by atoms with Crippen LogP contribution in [0.2, 0.25) is 0 Å². The maximum absolute atomic E-state index is 11.8. The van der Waals surface area contributed by atoms with E-state index in [0.29, 0.717) is 0 Å². The highest BCUT2D eigenvalue weighted by Gasteiger charge is 2.18. The minimum Gasteiger partial charge on any atom is -0.307 e. The number of nitro groups is 1. The predicted octanol–water partition coefficient (Wildman–Crippen LogP) is 0.207. The molecule has 1 heterocycles. The Morgan fingerprint density at radius 2 is 2.28 bits per heavy atom. The van der Waals surface area contributed by atoms with Crippen LogP contribution in [-0.4, -0.2) is 15.4 Å². The average molecular weight is 319 g/mol. The van der Waals surface area contributed by atoms with E-state index in [0.717, 1.165) is 10.8 Å². The summed E-state index contributed by atoms with van der Waals surface area (Å²) < 4.78 is 1.22. The molecule has 0 unspecified atom stereocenters. The summed E-state index contributed by atoms with van der Waals surface area (Å²) in [5.41, 5.74) is 1.56. The molecule has 0 aliphatic heterocycles. The van der Waals surface area contributed by atoms with Crippen molar-refractivity contribution >= 4 is 27.5 Å². The molecule has 0 bridgehead atoms. The number of hydrazine groups is 1. The lowest BCUT2D eigenvalue weighted by atomic mass is 10.2. The van der Waals surface area contributed by atoms with Crippen molar-refractivity contribution in [3.05, 3.63) is 36.7 Å². The highest BCUT2D eigenvalue weighted by Crippen LogP contribution is 2.22. The molecular formula is C9H11BrN4O4. The van der Waals surface area contributed by atoms with Gasteiger partial charge in [0, 0.05) is 18.5 Å². The smallest absolute Gasteiger partial charge is 0.289 e. The topological polar surface area (TPSA) is 120 Å². The molecule has 18 heavy (non-hydrogen) atoms. The van der Waals surface area contributed by atoms with E-state index in [4.69, 9.17) is 5.84 Å². The molecule has 9 heteroatoms. The van der Waals surface area contributed by atoms with Gasteiger partial charge in [0.2, 0.25) is 5.91 Å². The molecule has 1 rings (SSSR count). The van der Waals surface area contributed by atoms with E-state index >= 15 is 0 Å². The first-order valence-corrected chi connectivity index (χ1v) is 5.71. The summed E-state index contributed by atoms with van der Waals surface area (Å²) in [6.07, 6.45) is 1.08. The average Bonchev–Trinajstić information content (AvgIpc) is 2.34. The molecule has 1 aromatic heterocycles. The third-order valence-corrected chi connectivity index (χ3v) is 3.31. The van der Waals surface area contributed by atoms with E-state index in [1.165, 1.54) is 6.92 Å². The van der Waals surface area contributed by atoms with Crippen LogP contribution in [0.5, 0.6) is 0 Å². The molecule has 1 aromatic rings. The number of hydrogen-bond donors (Lipinski definition) is 2. The Morgan fingerprint density at radius 1 is 1.67 bits per heavy atom. The molecule has 0 aromatic carbocycles. The van der Waals surface area contributed by atoms with E-state index in [-0.39, 0.29) is 28.7 Å². The molecule has 0 saturated carbocycles. The third kappa shape index (κ3) is 2.93. The first kappa shape index (κ1) is 14.3. The van der Waals surface area contributed by atoms with Crippen LogP contribution in [0.1, 0.15) is 12.0 Å². The van der Waals surface area contributed by atoms with Gasteiger partial charge in [-0.25, -0.2) is 5.84 Å². The number of nitrogens with one attached hydrogen (secondary N) is 1.